The zero-order valence-corrected chi connectivity index (χ0v) is 42.3. The van der Waals surface area contributed by atoms with Crippen LogP contribution in [-0.2, 0) is 65.6 Å². The first kappa shape index (κ1) is 60.5. The van der Waals surface area contributed by atoms with Crippen molar-refractivity contribution in [2.75, 3.05) is 26.3 Å². The third-order valence-corrected chi connectivity index (χ3v) is 11.9. The van der Waals surface area contributed by atoms with Crippen LogP contribution in [0.1, 0.15) is 58.1 Å². The van der Waals surface area contributed by atoms with E-state index in [1.165, 1.54) is 6.92 Å². The molecule has 4 rings (SSSR count). The summed E-state index contributed by atoms with van der Waals surface area (Å²) in [5, 5.41) is 66.3. The third-order valence-electron chi connectivity index (χ3n) is 11.9. The van der Waals surface area contributed by atoms with Crippen LogP contribution in [0.25, 0.3) is 10.9 Å². The molecule has 1 aliphatic rings. The van der Waals surface area contributed by atoms with Gasteiger partial charge in [0.25, 0.3) is 0 Å². The molecule has 27 nitrogen and oxygen atoms in total. The van der Waals surface area contributed by atoms with Crippen LogP contribution in [0.15, 0.2) is 60.8 Å². The number of rotatable bonds is 29. The van der Waals surface area contributed by atoms with Gasteiger partial charge in [0.05, 0.1) is 38.5 Å². The molecular formula is C49H68N12O15. The maximum Gasteiger partial charge on any atom is 0.245 e. The number of H-pyrrole nitrogens is 1. The van der Waals surface area contributed by atoms with Crippen molar-refractivity contribution in [2.45, 2.75) is 120 Å². The van der Waals surface area contributed by atoms with Gasteiger partial charge >= 0.3 is 0 Å². The molecule has 27 heteroatoms. The number of nitrogens with one attached hydrogen (secondary N) is 11. The average molecular weight is 1070 g/mol. The van der Waals surface area contributed by atoms with Crippen molar-refractivity contribution in [2.24, 2.45) is 11.7 Å². The SMILES string of the molecule is CC(C)CC(NC(=O)[C@@H]1CCC(=O)N1)C(=O)N[C@H](C(=O)NC(Cc1ccccc1)C(=O)N[C@H](C(=O)N[C@@H](CO)C(=O)N[C@@H](CO)C(=O)N[C@@H](Cc1c[nH]c2ccccc12)C(=O)NCC(=O)NCC(N)=O)C(C)O)C(C)O. The van der Waals surface area contributed by atoms with Gasteiger partial charge in [-0.05, 0) is 49.8 Å². The number of para-hydroxylation sites is 1. The lowest BCUT2D eigenvalue weighted by Gasteiger charge is -2.29. The molecule has 10 atom stereocenters. The molecule has 1 fully saturated rings. The Morgan fingerprint density at radius 1 is 0.605 bits per heavy atom. The van der Waals surface area contributed by atoms with Gasteiger partial charge in [-0.15, -0.1) is 0 Å². The number of carbonyl (C=O) groups excluding carboxylic acids is 11. The van der Waals surface area contributed by atoms with E-state index in [9.17, 15) is 73.2 Å². The molecule has 0 saturated carbocycles. The average Bonchev–Trinajstić information content (AvgIpc) is 4.01. The van der Waals surface area contributed by atoms with Gasteiger partial charge in [-0.2, -0.15) is 0 Å². The van der Waals surface area contributed by atoms with Crippen molar-refractivity contribution in [3.63, 3.8) is 0 Å². The maximum atomic E-state index is 14.1. The Balaban J connectivity index is 1.47. The van der Waals surface area contributed by atoms with Crippen LogP contribution in [0.2, 0.25) is 0 Å². The lowest BCUT2D eigenvalue weighted by Crippen LogP contribution is -2.63. The quantitative estimate of drug-likeness (QED) is 0.0308. The van der Waals surface area contributed by atoms with E-state index in [1.54, 1.807) is 74.6 Å². The molecule has 11 amide bonds. The Kier molecular flexibility index (Phi) is 23.2. The van der Waals surface area contributed by atoms with Crippen LogP contribution in [0.4, 0.5) is 0 Å². The molecule has 1 saturated heterocycles. The highest BCUT2D eigenvalue weighted by molar-refractivity contribution is 5.99. The van der Waals surface area contributed by atoms with Crippen LogP contribution >= 0.6 is 0 Å². The van der Waals surface area contributed by atoms with Gasteiger partial charge in [0.2, 0.25) is 65.0 Å². The Morgan fingerprint density at radius 3 is 1.66 bits per heavy atom. The topological polar surface area (TPSA) is 431 Å². The standard InChI is InChI=1S/C49H68N12O15/c1-24(2)16-32(55-43(70)31-14-15-38(67)54-31)44(71)60-40(25(3)64)48(75)57-33(17-27-10-6-5-7-11-27)45(72)61-41(26(4)65)49(76)59-36(23-63)47(74)58-35(22-62)46(73)56-34(42(69)53-21-39(68)52-20-37(50)66)18-28-19-51-30-13-9-8-12-29(28)30/h5-13,19,24-26,31-36,40-41,51,62-65H,14-18,20-23H2,1-4H3,(H2,50,66)(H,52,68)(H,53,69)(H,54,67)(H,55,70)(H,56,73)(H,57,75)(H,58,74)(H,59,76)(H,60,71)(H,61,72)/t25?,26?,31-,32?,33?,34-,35-,36-,40-,41-/m0/s1. The number of amides is 11. The number of carbonyl (C=O) groups is 11. The summed E-state index contributed by atoms with van der Waals surface area (Å²) in [6.45, 7) is 2.54. The van der Waals surface area contributed by atoms with Crippen molar-refractivity contribution in [1.82, 2.24) is 58.2 Å². The normalized spacial score (nSPS) is 16.6. The van der Waals surface area contributed by atoms with Crippen LogP contribution < -0.4 is 58.9 Å². The van der Waals surface area contributed by atoms with Gasteiger partial charge in [-0.1, -0.05) is 62.4 Å². The second-order valence-electron chi connectivity index (χ2n) is 18.6. The summed E-state index contributed by atoms with van der Waals surface area (Å²) >= 11 is 0. The summed E-state index contributed by atoms with van der Waals surface area (Å²) in [6, 6.07) is 2.81. The van der Waals surface area contributed by atoms with Crippen LogP contribution in [0, 0.1) is 5.92 Å². The van der Waals surface area contributed by atoms with Gasteiger partial charge in [0, 0.05) is 36.4 Å². The maximum absolute atomic E-state index is 14.1. The molecule has 4 unspecified atom stereocenters. The second kappa shape index (κ2) is 29.2. The van der Waals surface area contributed by atoms with Gasteiger partial charge in [0.15, 0.2) is 0 Å². The fourth-order valence-electron chi connectivity index (χ4n) is 7.89. The Labute approximate surface area is 436 Å². The summed E-state index contributed by atoms with van der Waals surface area (Å²) in [7, 11) is 0. The van der Waals surface area contributed by atoms with Crippen LogP contribution in [0.5, 0.6) is 0 Å². The summed E-state index contributed by atoms with van der Waals surface area (Å²) in [6.07, 6.45) is -1.68. The molecule has 414 valence electrons. The largest absolute Gasteiger partial charge is 0.394 e. The third kappa shape index (κ3) is 18.4. The predicted molar refractivity (Wildman–Crippen MR) is 269 cm³/mol. The second-order valence-corrected chi connectivity index (χ2v) is 18.6. The Hall–Kier alpha value is -8.01. The van der Waals surface area contributed by atoms with Crippen molar-refractivity contribution >= 4 is 75.9 Å². The van der Waals surface area contributed by atoms with Gasteiger partial charge < -0.3 is 84.3 Å². The zero-order chi connectivity index (χ0) is 56.2. The highest BCUT2D eigenvalue weighted by Crippen LogP contribution is 2.19. The number of hydrogen-bond donors (Lipinski definition) is 16. The monoisotopic (exact) mass is 1060 g/mol. The summed E-state index contributed by atoms with van der Waals surface area (Å²) in [5.74, 6) is -10.2. The minimum absolute atomic E-state index is 0.102. The summed E-state index contributed by atoms with van der Waals surface area (Å²) in [4.78, 5) is 147. The lowest BCUT2D eigenvalue weighted by molar-refractivity contribution is -0.138. The molecular weight excluding hydrogens is 997 g/mol. The predicted octanol–water partition coefficient (Wildman–Crippen LogP) is -5.86. The van der Waals surface area contributed by atoms with E-state index in [0.29, 0.717) is 22.0 Å². The first-order chi connectivity index (χ1) is 36.0. The fourth-order valence-corrected chi connectivity index (χ4v) is 7.89. The van der Waals surface area contributed by atoms with Crippen molar-refractivity contribution < 1.29 is 73.2 Å². The molecule has 1 aliphatic heterocycles. The fraction of sp³-hybridized carbons (Fsp3) is 0.490. The van der Waals surface area contributed by atoms with Crippen LogP contribution in [-0.4, -0.2) is 177 Å². The van der Waals surface area contributed by atoms with Crippen molar-refractivity contribution in [3.8, 4) is 0 Å². The number of aromatic nitrogens is 1. The lowest BCUT2D eigenvalue weighted by atomic mass is 10.0. The molecule has 2 heterocycles. The van der Waals surface area contributed by atoms with Gasteiger partial charge in [-0.25, -0.2) is 0 Å². The molecule has 0 aliphatic carbocycles. The minimum atomic E-state index is -1.90. The first-order valence-electron chi connectivity index (χ1n) is 24.4. The zero-order valence-electron chi connectivity index (χ0n) is 42.3. The highest BCUT2D eigenvalue weighted by atomic mass is 16.3. The van der Waals surface area contributed by atoms with E-state index in [-0.39, 0.29) is 43.9 Å². The van der Waals surface area contributed by atoms with E-state index in [0.717, 1.165) is 6.92 Å². The van der Waals surface area contributed by atoms with Crippen molar-refractivity contribution in [1.29, 1.82) is 0 Å². The smallest absolute Gasteiger partial charge is 0.245 e. The number of nitrogens with two attached hydrogens (primary N) is 1. The molecule has 3 aromatic rings. The van der Waals surface area contributed by atoms with Crippen LogP contribution in [0.3, 0.4) is 0 Å². The van der Waals surface area contributed by atoms with Gasteiger partial charge in [0.1, 0.15) is 48.3 Å². The van der Waals surface area contributed by atoms with E-state index < -0.39 is 146 Å². The Morgan fingerprint density at radius 2 is 1.12 bits per heavy atom. The molecule has 0 spiro atoms. The van der Waals surface area contributed by atoms with E-state index >= 15 is 0 Å². The minimum Gasteiger partial charge on any atom is -0.394 e. The van der Waals surface area contributed by atoms with E-state index in [1.807, 2.05) is 0 Å². The molecule has 1 aromatic heterocycles. The molecule has 76 heavy (non-hydrogen) atoms. The number of aliphatic hydroxyl groups is 4. The first-order valence-corrected chi connectivity index (χ1v) is 24.4. The molecule has 2 aromatic carbocycles. The summed E-state index contributed by atoms with van der Waals surface area (Å²) < 4.78 is 0. The summed E-state index contributed by atoms with van der Waals surface area (Å²) in [5.41, 5.74) is 6.79. The Bertz CT molecular complexity index is 2560. The van der Waals surface area contributed by atoms with E-state index in [2.05, 4.69) is 58.2 Å². The van der Waals surface area contributed by atoms with Crippen molar-refractivity contribution in [3.05, 3.63) is 71.9 Å². The molecule has 0 bridgehead atoms. The number of fused-ring (bicyclic) bond motifs is 1. The molecule has 0 radical (unpaired) electrons. The van der Waals surface area contributed by atoms with Gasteiger partial charge in [-0.3, -0.25) is 52.7 Å². The highest BCUT2D eigenvalue weighted by Gasteiger charge is 2.37. The number of aromatic amines is 1. The number of aliphatic hydroxyl groups excluding tert-OH is 4. The number of primary amides is 1. The number of hydrogen-bond acceptors (Lipinski definition) is 15. The number of benzene rings is 2. The van der Waals surface area contributed by atoms with E-state index in [4.69, 9.17) is 5.73 Å². The molecule has 17 N–H and O–H groups in total.